The van der Waals surface area contributed by atoms with E-state index in [1.165, 1.54) is 36.0 Å². The van der Waals surface area contributed by atoms with Gasteiger partial charge in [-0.3, -0.25) is 14.4 Å². The molecule has 150 valence electrons. The number of ether oxygens (including phenoxy) is 1. The molecule has 0 bridgehead atoms. The van der Waals surface area contributed by atoms with Crippen molar-refractivity contribution in [1.29, 1.82) is 0 Å². The summed E-state index contributed by atoms with van der Waals surface area (Å²) in [5, 5.41) is 3.67. The van der Waals surface area contributed by atoms with Crippen LogP contribution in [0.15, 0.2) is 31.1 Å². The number of aryl methyl sites for hydroxylation is 1. The number of alkyl halides is 3. The van der Waals surface area contributed by atoms with Gasteiger partial charge in [0.15, 0.2) is 10.8 Å². The molecule has 0 radical (unpaired) electrons. The number of aromatic nitrogens is 3. The summed E-state index contributed by atoms with van der Waals surface area (Å²) in [6.07, 6.45) is 2.30. The largest absolute Gasteiger partial charge is 0.462 e. The van der Waals surface area contributed by atoms with E-state index < -0.39 is 28.6 Å². The molecule has 0 aliphatic carbocycles. The number of carbonyl (C=O) groups excluding carboxylic acids is 2. The molecule has 2 aromatic rings. The second-order valence-electron chi connectivity index (χ2n) is 5.41. The van der Waals surface area contributed by atoms with Crippen molar-refractivity contribution in [3.05, 3.63) is 47.3 Å². The first kappa shape index (κ1) is 21.4. The van der Waals surface area contributed by atoms with Crippen LogP contribution in [0.25, 0.3) is 6.08 Å². The molecule has 11 heteroatoms. The number of thiazole rings is 1. The highest BCUT2D eigenvalue weighted by Crippen LogP contribution is 2.38. The van der Waals surface area contributed by atoms with Crippen LogP contribution in [-0.4, -0.2) is 39.8 Å². The predicted molar refractivity (Wildman–Crippen MR) is 97.9 cm³/mol. The zero-order valence-corrected chi connectivity index (χ0v) is 15.9. The van der Waals surface area contributed by atoms with Crippen molar-refractivity contribution in [2.45, 2.75) is 13.1 Å². The molecule has 7 nitrogen and oxygen atoms in total. The highest BCUT2D eigenvalue weighted by atomic mass is 32.1. The van der Waals surface area contributed by atoms with E-state index in [9.17, 15) is 22.8 Å². The second kappa shape index (κ2) is 8.83. The van der Waals surface area contributed by atoms with Gasteiger partial charge in [-0.2, -0.15) is 18.3 Å². The standard InChI is InChI=1S/C17H17F3N4O3S/c1-4-8-24(12(25)7-6-11-9-21-23(3)10-11)16-22-14(17(18,19)20)13(28-16)15(26)27-5-2/h4,6-7,9-10H,1,5,8H2,2-3H3. The Hall–Kier alpha value is -2.95. The zero-order chi connectivity index (χ0) is 20.9. The van der Waals surface area contributed by atoms with Crippen LogP contribution in [0.1, 0.15) is 27.9 Å². The summed E-state index contributed by atoms with van der Waals surface area (Å²) in [4.78, 5) is 28.2. The van der Waals surface area contributed by atoms with Crippen molar-refractivity contribution in [2.75, 3.05) is 18.1 Å². The van der Waals surface area contributed by atoms with Crippen molar-refractivity contribution < 1.29 is 27.5 Å². The van der Waals surface area contributed by atoms with E-state index in [1.807, 2.05) is 0 Å². The number of halogens is 3. The highest BCUT2D eigenvalue weighted by molar-refractivity contribution is 7.17. The topological polar surface area (TPSA) is 77.3 Å². The first-order valence-corrected chi connectivity index (χ1v) is 8.83. The van der Waals surface area contributed by atoms with Gasteiger partial charge in [-0.15, -0.1) is 6.58 Å². The normalized spacial score (nSPS) is 11.6. The summed E-state index contributed by atoms with van der Waals surface area (Å²) in [5.41, 5.74) is -0.749. The van der Waals surface area contributed by atoms with Gasteiger partial charge in [-0.05, 0) is 13.0 Å². The van der Waals surface area contributed by atoms with Crippen LogP contribution in [0.5, 0.6) is 0 Å². The van der Waals surface area contributed by atoms with Gasteiger partial charge in [0.05, 0.1) is 12.8 Å². The molecule has 2 rings (SSSR count). The number of carbonyl (C=O) groups is 2. The molecule has 0 aromatic carbocycles. The molecule has 0 unspecified atom stereocenters. The fourth-order valence-corrected chi connectivity index (χ4v) is 3.12. The fraction of sp³-hybridized carbons (Fsp3) is 0.294. The molecular weight excluding hydrogens is 397 g/mol. The SMILES string of the molecule is C=CCN(C(=O)C=Cc1cnn(C)c1)c1nc(C(F)(F)F)c(C(=O)OCC)s1. The Morgan fingerprint density at radius 1 is 1.43 bits per heavy atom. The number of nitrogens with zero attached hydrogens (tertiary/aromatic N) is 4. The van der Waals surface area contributed by atoms with E-state index in [2.05, 4.69) is 21.4 Å². The molecule has 0 N–H and O–H groups in total. The third kappa shape index (κ3) is 5.06. The predicted octanol–water partition coefficient (Wildman–Crippen LogP) is 3.30. The van der Waals surface area contributed by atoms with Crippen LogP contribution < -0.4 is 4.90 Å². The van der Waals surface area contributed by atoms with E-state index >= 15 is 0 Å². The van der Waals surface area contributed by atoms with Crippen LogP contribution in [0, 0.1) is 0 Å². The minimum absolute atomic E-state index is 0.0908. The van der Waals surface area contributed by atoms with Crippen LogP contribution in [-0.2, 0) is 22.8 Å². The van der Waals surface area contributed by atoms with Gasteiger partial charge in [0.2, 0.25) is 0 Å². The lowest BCUT2D eigenvalue weighted by Gasteiger charge is -2.15. The van der Waals surface area contributed by atoms with Crippen molar-refractivity contribution in [2.24, 2.45) is 7.05 Å². The molecule has 0 saturated heterocycles. The first-order valence-electron chi connectivity index (χ1n) is 8.01. The van der Waals surface area contributed by atoms with E-state index in [4.69, 9.17) is 0 Å². The lowest BCUT2D eigenvalue weighted by atomic mass is 10.3. The van der Waals surface area contributed by atoms with Crippen molar-refractivity contribution in [3.8, 4) is 0 Å². The molecule has 28 heavy (non-hydrogen) atoms. The molecule has 2 aromatic heterocycles. The quantitative estimate of drug-likeness (QED) is 0.395. The molecule has 0 aliphatic rings. The lowest BCUT2D eigenvalue weighted by molar-refractivity contribution is -0.141. The maximum atomic E-state index is 13.3. The smallest absolute Gasteiger partial charge is 0.435 e. The molecule has 1 amide bonds. The van der Waals surface area contributed by atoms with E-state index in [0.717, 1.165) is 4.90 Å². The van der Waals surface area contributed by atoms with Gasteiger partial charge in [0.25, 0.3) is 5.91 Å². The lowest BCUT2D eigenvalue weighted by Crippen LogP contribution is -2.29. The molecule has 2 heterocycles. The van der Waals surface area contributed by atoms with Crippen molar-refractivity contribution in [1.82, 2.24) is 14.8 Å². The Morgan fingerprint density at radius 3 is 2.68 bits per heavy atom. The third-order valence-electron chi connectivity index (χ3n) is 3.30. The number of rotatable bonds is 7. The maximum absolute atomic E-state index is 13.3. The van der Waals surface area contributed by atoms with Crippen molar-refractivity contribution >= 4 is 34.4 Å². The number of hydrogen-bond acceptors (Lipinski definition) is 6. The van der Waals surface area contributed by atoms with Gasteiger partial charge in [-0.25, -0.2) is 9.78 Å². The Labute approximate surface area is 162 Å². The van der Waals surface area contributed by atoms with Gasteiger partial charge < -0.3 is 4.74 Å². The van der Waals surface area contributed by atoms with Crippen LogP contribution in [0.2, 0.25) is 0 Å². The summed E-state index contributed by atoms with van der Waals surface area (Å²) in [5.74, 6) is -1.77. The minimum Gasteiger partial charge on any atom is -0.462 e. The number of hydrogen-bond donors (Lipinski definition) is 0. The Bertz CT molecular complexity index is 902. The van der Waals surface area contributed by atoms with Gasteiger partial charge in [0.1, 0.15) is 4.88 Å². The van der Waals surface area contributed by atoms with Crippen LogP contribution in [0.3, 0.4) is 0 Å². The summed E-state index contributed by atoms with van der Waals surface area (Å²) in [6, 6.07) is 0. The average Bonchev–Trinajstić information content (AvgIpc) is 3.24. The Balaban J connectivity index is 2.39. The summed E-state index contributed by atoms with van der Waals surface area (Å²) >= 11 is 0.438. The Morgan fingerprint density at radius 2 is 2.14 bits per heavy atom. The fourth-order valence-electron chi connectivity index (χ4n) is 2.13. The average molecular weight is 414 g/mol. The van der Waals surface area contributed by atoms with Crippen LogP contribution in [0.4, 0.5) is 18.3 Å². The van der Waals surface area contributed by atoms with Gasteiger partial charge in [-0.1, -0.05) is 17.4 Å². The monoisotopic (exact) mass is 414 g/mol. The minimum atomic E-state index is -4.87. The summed E-state index contributed by atoms with van der Waals surface area (Å²) in [7, 11) is 1.70. The van der Waals surface area contributed by atoms with E-state index in [-0.39, 0.29) is 18.3 Å². The summed E-state index contributed by atoms with van der Waals surface area (Å²) < 4.78 is 46.0. The zero-order valence-electron chi connectivity index (χ0n) is 15.1. The highest BCUT2D eigenvalue weighted by Gasteiger charge is 2.41. The molecule has 0 aliphatic heterocycles. The molecular formula is C17H17F3N4O3S. The molecule has 0 fully saturated rings. The number of esters is 1. The maximum Gasteiger partial charge on any atom is 0.435 e. The van der Waals surface area contributed by atoms with Gasteiger partial charge >= 0.3 is 12.1 Å². The molecule has 0 saturated carbocycles. The number of amides is 1. The Kier molecular flexibility index (Phi) is 6.73. The van der Waals surface area contributed by atoms with Crippen molar-refractivity contribution in [3.63, 3.8) is 0 Å². The second-order valence-corrected chi connectivity index (χ2v) is 6.39. The summed E-state index contributed by atoms with van der Waals surface area (Å²) in [6.45, 7) is 4.80. The van der Waals surface area contributed by atoms with E-state index in [1.54, 1.807) is 13.2 Å². The molecule has 0 spiro atoms. The third-order valence-corrected chi connectivity index (χ3v) is 4.36. The molecule has 0 atom stereocenters. The number of anilines is 1. The first-order chi connectivity index (χ1) is 13.2. The van der Waals surface area contributed by atoms with Gasteiger partial charge in [0, 0.05) is 31.4 Å². The van der Waals surface area contributed by atoms with Crippen LogP contribution >= 0.6 is 11.3 Å². The van der Waals surface area contributed by atoms with E-state index in [0.29, 0.717) is 16.9 Å².